The van der Waals surface area contributed by atoms with E-state index in [9.17, 15) is 4.79 Å². The van der Waals surface area contributed by atoms with Crippen LogP contribution in [0.25, 0.3) is 0 Å². The molecule has 2 aromatic carbocycles. The molecule has 1 fully saturated rings. The summed E-state index contributed by atoms with van der Waals surface area (Å²) in [6, 6.07) is 16.1. The average molecular weight is 384 g/mol. The van der Waals surface area contributed by atoms with Gasteiger partial charge in [-0.25, -0.2) is 0 Å². The number of nitrogens with one attached hydrogen (secondary N) is 1. The van der Waals surface area contributed by atoms with Gasteiger partial charge in [0.1, 0.15) is 11.5 Å². The molecule has 0 spiro atoms. The van der Waals surface area contributed by atoms with Crippen LogP contribution in [-0.4, -0.2) is 43.9 Å². The lowest BCUT2D eigenvalue weighted by Gasteiger charge is -2.29. The number of hydrogen-bond donors (Lipinski definition) is 3. The van der Waals surface area contributed by atoms with E-state index in [2.05, 4.69) is 29.6 Å². The van der Waals surface area contributed by atoms with E-state index < -0.39 is 11.9 Å². The summed E-state index contributed by atoms with van der Waals surface area (Å²) in [6.45, 7) is 2.52. The van der Waals surface area contributed by atoms with Crippen molar-refractivity contribution in [1.29, 1.82) is 0 Å². The minimum atomic E-state index is -0.801. The van der Waals surface area contributed by atoms with Crippen molar-refractivity contribution < 1.29 is 19.4 Å². The fourth-order valence-corrected chi connectivity index (χ4v) is 3.70. The Hall–Kier alpha value is -2.57. The topological polar surface area (TPSA) is 93.8 Å². The zero-order valence-electron chi connectivity index (χ0n) is 16.1. The van der Waals surface area contributed by atoms with E-state index in [1.165, 1.54) is 5.56 Å². The van der Waals surface area contributed by atoms with Gasteiger partial charge in [-0.3, -0.25) is 4.79 Å². The molecule has 150 valence electrons. The molecule has 4 rings (SSSR count). The summed E-state index contributed by atoms with van der Waals surface area (Å²) in [6.07, 6.45) is 1.61. The lowest BCUT2D eigenvalue weighted by atomic mass is 9.88. The first-order chi connectivity index (χ1) is 13.6. The van der Waals surface area contributed by atoms with Crippen LogP contribution < -0.4 is 20.5 Å². The van der Waals surface area contributed by atoms with Crippen molar-refractivity contribution in [2.24, 2.45) is 5.73 Å². The van der Waals surface area contributed by atoms with Gasteiger partial charge in [-0.15, -0.1) is 0 Å². The molecule has 2 aliphatic heterocycles. The first-order valence-electron chi connectivity index (χ1n) is 9.65. The molecule has 0 aliphatic carbocycles. The van der Waals surface area contributed by atoms with Gasteiger partial charge >= 0.3 is 5.97 Å². The molecule has 2 aliphatic rings. The summed E-state index contributed by atoms with van der Waals surface area (Å²) in [4.78, 5) is 11.0. The molecule has 4 N–H and O–H groups in total. The van der Waals surface area contributed by atoms with Gasteiger partial charge in [-0.05, 0) is 31.0 Å². The van der Waals surface area contributed by atoms with Gasteiger partial charge in [0.25, 0.3) is 0 Å². The molecule has 0 bridgehead atoms. The number of ether oxygens (including phenoxy) is 2. The standard InChI is InChI=1S/C11H16N2.C11H12O4/c12-11-6-7-13-8-10(11)9-4-2-1-3-5-9;1-14-7-2-3-8-9(11(12)13)4-5-15-10(8)6-7/h1-5,10-11,13H,6-8,12H2;2-3,6,9H,4-5H2,1H3,(H,12,13). The zero-order valence-corrected chi connectivity index (χ0v) is 16.1. The molecule has 6 nitrogen and oxygen atoms in total. The second-order valence-corrected chi connectivity index (χ2v) is 7.11. The van der Waals surface area contributed by atoms with Crippen molar-refractivity contribution in [3.8, 4) is 11.5 Å². The Morgan fingerprint density at radius 3 is 2.68 bits per heavy atom. The summed E-state index contributed by atoms with van der Waals surface area (Å²) in [5, 5.41) is 12.4. The normalized spacial score (nSPS) is 23.4. The highest BCUT2D eigenvalue weighted by molar-refractivity contribution is 5.77. The van der Waals surface area contributed by atoms with Gasteiger partial charge in [-0.2, -0.15) is 0 Å². The van der Waals surface area contributed by atoms with E-state index in [0.717, 1.165) is 25.1 Å². The lowest BCUT2D eigenvalue weighted by molar-refractivity contribution is -0.139. The Balaban J connectivity index is 0.000000162. The molecule has 6 heteroatoms. The Morgan fingerprint density at radius 2 is 2.00 bits per heavy atom. The monoisotopic (exact) mass is 384 g/mol. The maximum Gasteiger partial charge on any atom is 0.311 e. The SMILES string of the molecule is COc1ccc2c(c1)OCCC2C(=O)O.NC1CCNCC1c1ccccc1. The number of piperidine rings is 1. The molecular weight excluding hydrogens is 356 g/mol. The van der Waals surface area contributed by atoms with Gasteiger partial charge < -0.3 is 25.6 Å². The molecule has 3 unspecified atom stereocenters. The largest absolute Gasteiger partial charge is 0.497 e. The highest BCUT2D eigenvalue weighted by Gasteiger charge is 2.27. The maximum atomic E-state index is 11.0. The predicted octanol–water partition coefficient (Wildman–Crippen LogP) is 2.74. The van der Waals surface area contributed by atoms with E-state index in [1.54, 1.807) is 25.3 Å². The van der Waals surface area contributed by atoms with E-state index >= 15 is 0 Å². The molecule has 2 aromatic rings. The van der Waals surface area contributed by atoms with Crippen LogP contribution in [-0.2, 0) is 4.79 Å². The zero-order chi connectivity index (χ0) is 19.9. The van der Waals surface area contributed by atoms with Gasteiger partial charge in [0, 0.05) is 30.1 Å². The van der Waals surface area contributed by atoms with Gasteiger partial charge in [0.2, 0.25) is 0 Å². The number of fused-ring (bicyclic) bond motifs is 1. The number of aliphatic carboxylic acids is 1. The van der Waals surface area contributed by atoms with E-state index in [1.807, 2.05) is 6.07 Å². The van der Waals surface area contributed by atoms with Crippen molar-refractivity contribution in [3.05, 3.63) is 59.7 Å². The van der Waals surface area contributed by atoms with Crippen LogP contribution in [0.4, 0.5) is 0 Å². The fourth-order valence-electron chi connectivity index (χ4n) is 3.70. The Bertz CT molecular complexity index is 781. The highest BCUT2D eigenvalue weighted by Crippen LogP contribution is 2.36. The van der Waals surface area contributed by atoms with Crippen LogP contribution in [0.2, 0.25) is 0 Å². The van der Waals surface area contributed by atoms with Crippen LogP contribution in [0.3, 0.4) is 0 Å². The maximum absolute atomic E-state index is 11.0. The number of rotatable bonds is 3. The summed E-state index contributed by atoms with van der Waals surface area (Å²) < 4.78 is 10.5. The molecule has 1 saturated heterocycles. The third-order valence-electron chi connectivity index (χ3n) is 5.32. The molecule has 0 radical (unpaired) electrons. The Morgan fingerprint density at radius 1 is 1.21 bits per heavy atom. The van der Waals surface area contributed by atoms with Crippen LogP contribution >= 0.6 is 0 Å². The molecule has 2 heterocycles. The number of carboxylic acid groups (broad SMARTS) is 1. The quantitative estimate of drug-likeness (QED) is 0.753. The summed E-state index contributed by atoms with van der Waals surface area (Å²) >= 11 is 0. The third-order valence-corrected chi connectivity index (χ3v) is 5.32. The van der Waals surface area contributed by atoms with Crippen LogP contribution in [0.1, 0.15) is 35.8 Å². The Labute approximate surface area is 165 Å². The minimum Gasteiger partial charge on any atom is -0.497 e. The van der Waals surface area contributed by atoms with Crippen molar-refractivity contribution in [3.63, 3.8) is 0 Å². The predicted molar refractivity (Wildman–Crippen MR) is 108 cm³/mol. The number of nitrogens with two attached hydrogens (primary N) is 1. The smallest absolute Gasteiger partial charge is 0.311 e. The first-order valence-corrected chi connectivity index (χ1v) is 9.65. The Kier molecular flexibility index (Phi) is 6.90. The van der Waals surface area contributed by atoms with E-state index in [0.29, 0.717) is 36.5 Å². The van der Waals surface area contributed by atoms with Crippen molar-refractivity contribution in [2.45, 2.75) is 30.7 Å². The molecule has 0 amide bonds. The lowest BCUT2D eigenvalue weighted by Crippen LogP contribution is -2.43. The van der Waals surface area contributed by atoms with E-state index in [-0.39, 0.29) is 0 Å². The number of methoxy groups -OCH3 is 1. The van der Waals surface area contributed by atoms with Crippen molar-refractivity contribution >= 4 is 5.97 Å². The van der Waals surface area contributed by atoms with Gasteiger partial charge in [0.15, 0.2) is 0 Å². The van der Waals surface area contributed by atoms with Crippen molar-refractivity contribution in [2.75, 3.05) is 26.8 Å². The number of carboxylic acids is 1. The highest BCUT2D eigenvalue weighted by atomic mass is 16.5. The molecular formula is C22H28N2O4. The molecule has 28 heavy (non-hydrogen) atoms. The average Bonchev–Trinajstić information content (AvgIpc) is 2.74. The third kappa shape index (κ3) is 4.82. The first kappa shape index (κ1) is 20.2. The summed E-state index contributed by atoms with van der Waals surface area (Å²) in [5.74, 6) is 0.534. The number of carbonyl (C=O) groups is 1. The molecule has 0 saturated carbocycles. The number of hydrogen-bond acceptors (Lipinski definition) is 5. The van der Waals surface area contributed by atoms with E-state index in [4.69, 9.17) is 20.3 Å². The summed E-state index contributed by atoms with van der Waals surface area (Å²) in [7, 11) is 1.57. The number of benzene rings is 2. The molecule has 3 atom stereocenters. The van der Waals surface area contributed by atoms with Crippen LogP contribution in [0.5, 0.6) is 11.5 Å². The second-order valence-electron chi connectivity index (χ2n) is 7.11. The van der Waals surface area contributed by atoms with Crippen LogP contribution in [0, 0.1) is 0 Å². The van der Waals surface area contributed by atoms with Gasteiger partial charge in [-0.1, -0.05) is 36.4 Å². The fraction of sp³-hybridized carbons (Fsp3) is 0.409. The molecule has 0 aromatic heterocycles. The van der Waals surface area contributed by atoms with Crippen molar-refractivity contribution in [1.82, 2.24) is 5.32 Å². The second kappa shape index (κ2) is 9.57. The van der Waals surface area contributed by atoms with Gasteiger partial charge in [0.05, 0.1) is 19.6 Å². The van der Waals surface area contributed by atoms with Crippen LogP contribution in [0.15, 0.2) is 48.5 Å². The minimum absolute atomic E-state index is 0.323. The summed E-state index contributed by atoms with van der Waals surface area (Å²) in [5.41, 5.74) is 8.17.